The number of hydrogen-bond donors (Lipinski definition) is 1. The average Bonchev–Trinajstić information content (AvgIpc) is 2.54. The number of nitriles is 2. The number of allylic oxidation sites excluding steroid dienone is 6. The predicted molar refractivity (Wildman–Crippen MR) is 86.2 cm³/mol. The second-order valence-corrected chi connectivity index (χ2v) is 4.66. The third-order valence-corrected chi connectivity index (χ3v) is 3.09. The molecule has 1 aliphatic heterocycles. The number of nitrogens with one attached hydrogen (secondary N) is 1. The van der Waals surface area contributed by atoms with Crippen molar-refractivity contribution in [3.05, 3.63) is 70.7 Å². The van der Waals surface area contributed by atoms with E-state index < -0.39 is 0 Å². The van der Waals surface area contributed by atoms with Crippen molar-refractivity contribution in [1.82, 2.24) is 0 Å². The Hall–Kier alpha value is -3.24. The molecule has 1 aromatic rings. The largest absolute Gasteiger partial charge is 0.462 e. The van der Waals surface area contributed by atoms with Crippen molar-refractivity contribution in [2.24, 2.45) is 0 Å². The van der Waals surface area contributed by atoms with Crippen LogP contribution < -0.4 is 5.32 Å². The molecule has 0 aromatic heterocycles. The molecule has 22 heavy (non-hydrogen) atoms. The number of nitrogens with zero attached hydrogens (tertiary/aromatic N) is 2. The number of anilines is 1. The highest BCUT2D eigenvalue weighted by Gasteiger charge is 2.10. The normalized spacial score (nSPS) is 13.5. The lowest BCUT2D eigenvalue weighted by atomic mass is 10.1. The number of hydrogen-bond acceptors (Lipinski definition) is 4. The zero-order chi connectivity index (χ0) is 15.9. The summed E-state index contributed by atoms with van der Waals surface area (Å²) < 4.78 is 5.59. The Labute approximate surface area is 129 Å². The summed E-state index contributed by atoms with van der Waals surface area (Å²) in [7, 11) is 1.87. The molecule has 0 atom stereocenters. The van der Waals surface area contributed by atoms with Gasteiger partial charge in [0.05, 0.1) is 0 Å². The minimum Gasteiger partial charge on any atom is -0.462 e. The van der Waals surface area contributed by atoms with Crippen LogP contribution in [0.3, 0.4) is 0 Å². The molecule has 1 N–H and O–H groups in total. The van der Waals surface area contributed by atoms with Gasteiger partial charge in [-0.3, -0.25) is 0 Å². The van der Waals surface area contributed by atoms with E-state index in [-0.39, 0.29) is 5.57 Å². The van der Waals surface area contributed by atoms with Gasteiger partial charge in [-0.05, 0) is 42.8 Å². The Balaban J connectivity index is 2.25. The van der Waals surface area contributed by atoms with Gasteiger partial charge in [0, 0.05) is 18.3 Å². The van der Waals surface area contributed by atoms with Gasteiger partial charge in [-0.2, -0.15) is 10.5 Å². The van der Waals surface area contributed by atoms with Gasteiger partial charge in [0.25, 0.3) is 0 Å². The van der Waals surface area contributed by atoms with Crippen LogP contribution in [0.2, 0.25) is 0 Å². The molecule has 4 heteroatoms. The first-order valence-corrected chi connectivity index (χ1v) is 6.74. The summed E-state index contributed by atoms with van der Waals surface area (Å²) >= 11 is 0. The van der Waals surface area contributed by atoms with Gasteiger partial charge >= 0.3 is 0 Å². The fourth-order valence-corrected chi connectivity index (χ4v) is 1.98. The highest BCUT2D eigenvalue weighted by atomic mass is 16.5. The number of ether oxygens (including phenoxy) is 1. The maximum Gasteiger partial charge on any atom is 0.137 e. The monoisotopic (exact) mass is 289 g/mol. The lowest BCUT2D eigenvalue weighted by Crippen LogP contribution is -1.97. The summed E-state index contributed by atoms with van der Waals surface area (Å²) in [5.74, 6) is 1.24. The maximum atomic E-state index is 8.95. The Morgan fingerprint density at radius 3 is 2.36 bits per heavy atom. The van der Waals surface area contributed by atoms with E-state index >= 15 is 0 Å². The highest BCUT2D eigenvalue weighted by molar-refractivity contribution is 5.59. The topological polar surface area (TPSA) is 68.8 Å². The quantitative estimate of drug-likeness (QED) is 0.857. The second kappa shape index (κ2) is 6.97. The molecule has 0 saturated heterocycles. The van der Waals surface area contributed by atoms with Gasteiger partial charge in [-0.1, -0.05) is 18.2 Å². The third kappa shape index (κ3) is 3.65. The zero-order valence-corrected chi connectivity index (χ0v) is 12.4. The van der Waals surface area contributed by atoms with Crippen LogP contribution in [0.15, 0.2) is 65.2 Å². The van der Waals surface area contributed by atoms with Crippen molar-refractivity contribution in [3.63, 3.8) is 0 Å². The molecule has 4 nitrogen and oxygen atoms in total. The predicted octanol–water partition coefficient (Wildman–Crippen LogP) is 3.90. The van der Waals surface area contributed by atoms with Crippen molar-refractivity contribution >= 4 is 11.8 Å². The number of rotatable bonds is 3. The second-order valence-electron chi connectivity index (χ2n) is 4.66. The van der Waals surface area contributed by atoms with E-state index in [1.807, 2.05) is 55.6 Å². The van der Waals surface area contributed by atoms with Crippen molar-refractivity contribution < 1.29 is 4.74 Å². The van der Waals surface area contributed by atoms with Gasteiger partial charge in [0.1, 0.15) is 29.2 Å². The molecule has 0 amide bonds. The molecule has 1 aliphatic rings. The molecule has 2 rings (SSSR count). The van der Waals surface area contributed by atoms with Gasteiger partial charge in [0.2, 0.25) is 0 Å². The number of benzene rings is 1. The van der Waals surface area contributed by atoms with Crippen LogP contribution in [0.1, 0.15) is 12.5 Å². The Bertz CT molecular complexity index is 750. The van der Waals surface area contributed by atoms with E-state index in [1.54, 1.807) is 19.1 Å². The smallest absolute Gasteiger partial charge is 0.137 e. The third-order valence-electron chi connectivity index (χ3n) is 3.09. The summed E-state index contributed by atoms with van der Waals surface area (Å²) in [6.07, 6.45) is 7.10. The molecular formula is C18H15N3O. The van der Waals surface area contributed by atoms with Gasteiger partial charge in [-0.15, -0.1) is 0 Å². The zero-order valence-electron chi connectivity index (χ0n) is 12.4. The van der Waals surface area contributed by atoms with Gasteiger partial charge in [-0.25, -0.2) is 0 Å². The standard InChI is InChI=1S/C18H15N3O/c1-13-9-15(16(11-19)12-20)10-18(22-13)8-5-14-3-6-17(21-2)7-4-14/h3-10,21H,1-2H3/b8-5+. The summed E-state index contributed by atoms with van der Waals surface area (Å²) in [5.41, 5.74) is 2.72. The molecule has 0 bridgehead atoms. The maximum absolute atomic E-state index is 8.95. The lowest BCUT2D eigenvalue weighted by molar-refractivity contribution is 0.318. The first-order chi connectivity index (χ1) is 10.7. The minimum absolute atomic E-state index is 0.0759. The average molecular weight is 289 g/mol. The van der Waals surface area contributed by atoms with E-state index in [0.717, 1.165) is 11.3 Å². The van der Waals surface area contributed by atoms with Crippen molar-refractivity contribution in [3.8, 4) is 12.1 Å². The van der Waals surface area contributed by atoms with Crippen LogP contribution in [0.25, 0.3) is 6.08 Å². The van der Waals surface area contributed by atoms with Crippen LogP contribution in [-0.2, 0) is 4.74 Å². The SMILES string of the molecule is CNc1ccc(/C=C/C2=CC(=C(C#N)C#N)C=C(C)O2)cc1. The van der Waals surface area contributed by atoms with E-state index in [1.165, 1.54) is 0 Å². The molecule has 0 radical (unpaired) electrons. The van der Waals surface area contributed by atoms with Crippen molar-refractivity contribution in [1.29, 1.82) is 10.5 Å². The molecule has 0 unspecified atom stereocenters. The summed E-state index contributed by atoms with van der Waals surface area (Å²) in [6.45, 7) is 1.79. The van der Waals surface area contributed by atoms with Crippen LogP contribution in [0.5, 0.6) is 0 Å². The summed E-state index contributed by atoms with van der Waals surface area (Å²) in [6, 6.07) is 11.7. The molecular weight excluding hydrogens is 274 g/mol. The fourth-order valence-electron chi connectivity index (χ4n) is 1.98. The fraction of sp³-hybridized carbons (Fsp3) is 0.111. The first-order valence-electron chi connectivity index (χ1n) is 6.74. The Morgan fingerprint density at radius 1 is 1.09 bits per heavy atom. The van der Waals surface area contributed by atoms with Crippen LogP contribution in [0.4, 0.5) is 5.69 Å². The van der Waals surface area contributed by atoms with E-state index in [9.17, 15) is 0 Å². The van der Waals surface area contributed by atoms with Crippen molar-refractivity contribution in [2.75, 3.05) is 12.4 Å². The lowest BCUT2D eigenvalue weighted by Gasteiger charge is -2.13. The Kier molecular flexibility index (Phi) is 4.80. The molecule has 0 aliphatic carbocycles. The molecule has 1 heterocycles. The molecule has 1 aromatic carbocycles. The minimum atomic E-state index is 0.0759. The van der Waals surface area contributed by atoms with Gasteiger partial charge in [0.15, 0.2) is 0 Å². The van der Waals surface area contributed by atoms with Crippen molar-refractivity contribution in [2.45, 2.75) is 6.92 Å². The summed E-state index contributed by atoms with van der Waals surface area (Å²) in [5, 5.41) is 21.0. The first kappa shape index (κ1) is 15.2. The van der Waals surface area contributed by atoms with E-state index in [2.05, 4.69) is 5.32 Å². The van der Waals surface area contributed by atoms with Gasteiger partial charge < -0.3 is 10.1 Å². The van der Waals surface area contributed by atoms with Crippen LogP contribution in [0, 0.1) is 22.7 Å². The Morgan fingerprint density at radius 2 is 1.77 bits per heavy atom. The molecule has 0 fully saturated rings. The van der Waals surface area contributed by atoms with E-state index in [4.69, 9.17) is 15.3 Å². The summed E-state index contributed by atoms with van der Waals surface area (Å²) in [4.78, 5) is 0. The van der Waals surface area contributed by atoms with E-state index in [0.29, 0.717) is 17.1 Å². The molecule has 0 spiro atoms. The highest BCUT2D eigenvalue weighted by Crippen LogP contribution is 2.22. The molecule has 108 valence electrons. The van der Waals surface area contributed by atoms with Crippen LogP contribution in [-0.4, -0.2) is 7.05 Å². The van der Waals surface area contributed by atoms with Crippen LogP contribution >= 0.6 is 0 Å². The molecule has 0 saturated carbocycles.